The van der Waals surface area contributed by atoms with Crippen molar-refractivity contribution in [1.82, 2.24) is 0 Å². The molecule has 1 atom stereocenters. The van der Waals surface area contributed by atoms with E-state index in [-0.39, 0.29) is 11.5 Å². The van der Waals surface area contributed by atoms with Crippen molar-refractivity contribution >= 4 is 0 Å². The second-order valence-electron chi connectivity index (χ2n) is 4.28. The number of unbranched alkanes of at least 4 members (excludes halogenated alkanes) is 4. The highest BCUT2D eigenvalue weighted by molar-refractivity contribution is 5.21. The Hall–Kier alpha value is -0.660. The van der Waals surface area contributed by atoms with Crippen LogP contribution >= 0.6 is 0 Å². The number of hydrogen-bond acceptors (Lipinski definition) is 0. The molecule has 0 heterocycles. The molecule has 0 spiro atoms. The number of halogens is 2. The molecule has 0 amide bonds. The van der Waals surface area contributed by atoms with Gasteiger partial charge < -0.3 is 0 Å². The summed E-state index contributed by atoms with van der Waals surface area (Å²) >= 11 is 0. The van der Waals surface area contributed by atoms with E-state index in [1.165, 1.54) is 19.3 Å². The van der Waals surface area contributed by atoms with Crippen molar-refractivity contribution in [3.8, 4) is 0 Å². The predicted molar refractivity (Wildman–Crippen MR) is 66.6 cm³/mol. The number of rotatable bonds is 8. The normalized spacial score (nSPS) is 13.1. The smallest absolute Gasteiger partial charge is 0.173 e. The van der Waals surface area contributed by atoms with Crippen LogP contribution in [0.25, 0.3) is 0 Å². The monoisotopic (exact) mass is 230 g/mol. The Labute approximate surface area is 98.4 Å². The van der Waals surface area contributed by atoms with E-state index in [1.807, 2.05) is 19.9 Å². The minimum absolute atomic E-state index is 0.0445. The standard InChI is InChI=1S/C14H24F2/c1-4-6-7-8-9-10-11-13(14(15)16)12(3)5-2/h10-12H,4-9H2,1-3H3/b11-10+. The highest BCUT2D eigenvalue weighted by Crippen LogP contribution is 2.22. The van der Waals surface area contributed by atoms with Crippen molar-refractivity contribution in [3.63, 3.8) is 0 Å². The van der Waals surface area contributed by atoms with E-state index < -0.39 is 6.08 Å². The lowest BCUT2D eigenvalue weighted by Crippen LogP contribution is -1.96. The van der Waals surface area contributed by atoms with E-state index in [9.17, 15) is 8.78 Å². The third-order valence-corrected chi connectivity index (χ3v) is 2.88. The zero-order valence-corrected chi connectivity index (χ0v) is 10.7. The molecule has 0 saturated heterocycles. The van der Waals surface area contributed by atoms with Gasteiger partial charge in [0.1, 0.15) is 0 Å². The molecule has 0 aliphatic rings. The van der Waals surface area contributed by atoms with E-state index in [0.29, 0.717) is 0 Å². The van der Waals surface area contributed by atoms with Crippen molar-refractivity contribution < 1.29 is 8.78 Å². The fraction of sp³-hybridized carbons (Fsp3) is 0.714. The molecule has 0 aliphatic carbocycles. The molecule has 0 rings (SSSR count). The van der Waals surface area contributed by atoms with Crippen LogP contribution in [0.5, 0.6) is 0 Å². The molecule has 0 fully saturated rings. The van der Waals surface area contributed by atoms with Gasteiger partial charge in [0, 0.05) is 5.57 Å². The Morgan fingerprint density at radius 3 is 2.31 bits per heavy atom. The first-order valence-corrected chi connectivity index (χ1v) is 6.35. The largest absolute Gasteiger partial charge is 0.273 e. The lowest BCUT2D eigenvalue weighted by atomic mass is 9.98. The maximum absolute atomic E-state index is 12.6. The molecular formula is C14H24F2. The van der Waals surface area contributed by atoms with Crippen molar-refractivity contribution in [2.75, 3.05) is 0 Å². The van der Waals surface area contributed by atoms with Gasteiger partial charge in [-0.05, 0) is 25.2 Å². The first kappa shape index (κ1) is 15.3. The second kappa shape index (κ2) is 9.56. The topological polar surface area (TPSA) is 0 Å². The van der Waals surface area contributed by atoms with Crippen LogP contribution in [0.2, 0.25) is 0 Å². The van der Waals surface area contributed by atoms with Crippen LogP contribution in [0.3, 0.4) is 0 Å². The van der Waals surface area contributed by atoms with Crippen molar-refractivity contribution in [2.45, 2.75) is 59.3 Å². The first-order valence-electron chi connectivity index (χ1n) is 6.35. The van der Waals surface area contributed by atoms with Gasteiger partial charge in [-0.2, -0.15) is 8.78 Å². The van der Waals surface area contributed by atoms with Crippen LogP contribution in [0, 0.1) is 5.92 Å². The quantitative estimate of drug-likeness (QED) is 0.370. The summed E-state index contributed by atoms with van der Waals surface area (Å²) in [6, 6.07) is 0. The molecule has 0 aliphatic heterocycles. The highest BCUT2D eigenvalue weighted by atomic mass is 19.3. The number of hydrogen-bond donors (Lipinski definition) is 0. The van der Waals surface area contributed by atoms with Gasteiger partial charge in [-0.1, -0.05) is 52.2 Å². The Morgan fingerprint density at radius 1 is 1.12 bits per heavy atom. The minimum Gasteiger partial charge on any atom is -0.173 e. The maximum Gasteiger partial charge on any atom is 0.273 e. The molecule has 94 valence electrons. The molecule has 1 unspecified atom stereocenters. The second-order valence-corrected chi connectivity index (χ2v) is 4.28. The van der Waals surface area contributed by atoms with Crippen molar-refractivity contribution in [1.29, 1.82) is 0 Å². The maximum atomic E-state index is 12.6. The van der Waals surface area contributed by atoms with Gasteiger partial charge in [0.25, 0.3) is 6.08 Å². The molecule has 0 nitrogen and oxygen atoms in total. The molecule has 0 aromatic carbocycles. The van der Waals surface area contributed by atoms with Crippen LogP contribution in [-0.2, 0) is 0 Å². The van der Waals surface area contributed by atoms with Crippen LogP contribution in [-0.4, -0.2) is 0 Å². The zero-order chi connectivity index (χ0) is 12.4. The summed E-state index contributed by atoms with van der Waals surface area (Å²) in [5.41, 5.74) is 0.206. The average Bonchev–Trinajstić information content (AvgIpc) is 2.26. The Kier molecular flexibility index (Phi) is 9.16. The lowest BCUT2D eigenvalue weighted by Gasteiger charge is -2.08. The van der Waals surface area contributed by atoms with Crippen molar-refractivity contribution in [3.05, 3.63) is 23.8 Å². The molecule has 0 radical (unpaired) electrons. The van der Waals surface area contributed by atoms with Crippen LogP contribution in [0.1, 0.15) is 59.3 Å². The van der Waals surface area contributed by atoms with Crippen LogP contribution in [0.15, 0.2) is 23.8 Å². The fourth-order valence-electron chi connectivity index (χ4n) is 1.53. The summed E-state index contributed by atoms with van der Waals surface area (Å²) in [5.74, 6) is -0.0445. The molecule has 2 heteroatoms. The third-order valence-electron chi connectivity index (χ3n) is 2.88. The van der Waals surface area contributed by atoms with Gasteiger partial charge in [0.05, 0.1) is 0 Å². The summed E-state index contributed by atoms with van der Waals surface area (Å²) in [6.07, 6.45) is 8.37. The van der Waals surface area contributed by atoms with Crippen molar-refractivity contribution in [2.24, 2.45) is 5.92 Å². The molecule has 0 saturated carbocycles. The Bertz CT molecular complexity index is 225. The Morgan fingerprint density at radius 2 is 1.81 bits per heavy atom. The summed E-state index contributed by atoms with van der Waals surface area (Å²) in [5, 5.41) is 0. The molecule has 0 aromatic rings. The summed E-state index contributed by atoms with van der Waals surface area (Å²) < 4.78 is 25.2. The Balaban J connectivity index is 4.02. The van der Waals surface area contributed by atoms with E-state index in [1.54, 1.807) is 6.08 Å². The predicted octanol–water partition coefficient (Wildman–Crippen LogP) is 5.71. The third kappa shape index (κ3) is 6.76. The zero-order valence-electron chi connectivity index (χ0n) is 10.7. The van der Waals surface area contributed by atoms with Gasteiger partial charge in [-0.25, -0.2) is 0 Å². The molecule has 0 N–H and O–H groups in total. The molecule has 0 bridgehead atoms. The molecular weight excluding hydrogens is 206 g/mol. The van der Waals surface area contributed by atoms with Crippen LogP contribution < -0.4 is 0 Å². The van der Waals surface area contributed by atoms with E-state index in [2.05, 4.69) is 6.92 Å². The van der Waals surface area contributed by atoms with Gasteiger partial charge in [0.15, 0.2) is 0 Å². The van der Waals surface area contributed by atoms with E-state index >= 15 is 0 Å². The molecule has 0 aromatic heterocycles. The summed E-state index contributed by atoms with van der Waals surface area (Å²) in [6.45, 7) is 5.94. The summed E-state index contributed by atoms with van der Waals surface area (Å²) in [4.78, 5) is 0. The number of allylic oxidation sites excluding steroid dienone is 3. The fourth-order valence-corrected chi connectivity index (χ4v) is 1.53. The van der Waals surface area contributed by atoms with E-state index in [0.717, 1.165) is 19.3 Å². The SMILES string of the molecule is CCCCCC/C=C/C(=C(F)F)C(C)CC. The van der Waals surface area contributed by atoms with E-state index in [4.69, 9.17) is 0 Å². The van der Waals surface area contributed by atoms with Crippen LogP contribution in [0.4, 0.5) is 8.78 Å². The average molecular weight is 230 g/mol. The lowest BCUT2D eigenvalue weighted by molar-refractivity contribution is 0.400. The summed E-state index contributed by atoms with van der Waals surface area (Å²) in [7, 11) is 0. The minimum atomic E-state index is -1.53. The molecule has 16 heavy (non-hydrogen) atoms. The van der Waals surface area contributed by atoms with Gasteiger partial charge in [-0.15, -0.1) is 0 Å². The van der Waals surface area contributed by atoms with Gasteiger partial charge in [0.2, 0.25) is 0 Å². The first-order chi connectivity index (χ1) is 7.63. The highest BCUT2D eigenvalue weighted by Gasteiger charge is 2.09. The van der Waals surface area contributed by atoms with Gasteiger partial charge in [-0.3, -0.25) is 0 Å². The van der Waals surface area contributed by atoms with Gasteiger partial charge >= 0.3 is 0 Å².